The number of rotatable bonds is 6. The molecule has 1 aliphatic heterocycles. The monoisotopic (exact) mass is 313 g/mol. The van der Waals surface area contributed by atoms with E-state index in [9.17, 15) is 4.79 Å². The Labute approximate surface area is 136 Å². The van der Waals surface area contributed by atoms with E-state index in [2.05, 4.69) is 21.1 Å². The second-order valence-electron chi connectivity index (χ2n) is 5.89. The van der Waals surface area contributed by atoms with Crippen molar-refractivity contribution in [2.75, 3.05) is 13.7 Å². The first kappa shape index (κ1) is 15.6. The molecule has 1 aliphatic rings. The Morgan fingerprint density at radius 1 is 1.35 bits per heavy atom. The Hall–Kier alpha value is -2.30. The summed E-state index contributed by atoms with van der Waals surface area (Å²) in [4.78, 5) is 16.7. The third-order valence-corrected chi connectivity index (χ3v) is 4.21. The van der Waals surface area contributed by atoms with E-state index in [0.29, 0.717) is 13.0 Å². The van der Waals surface area contributed by atoms with Crippen LogP contribution in [-0.4, -0.2) is 29.1 Å². The number of carbonyl (C=O) groups is 1. The lowest BCUT2D eigenvalue weighted by molar-refractivity contribution is -0.120. The molecule has 5 heteroatoms. The number of carbonyl (C=O) groups excluding carboxylic acids is 1. The van der Waals surface area contributed by atoms with E-state index in [1.807, 2.05) is 24.3 Å². The van der Waals surface area contributed by atoms with Crippen molar-refractivity contribution in [2.24, 2.45) is 0 Å². The molecule has 1 aromatic heterocycles. The lowest BCUT2D eigenvalue weighted by Gasteiger charge is -2.11. The molecular weight excluding hydrogens is 290 g/mol. The number of hydrogen-bond acceptors (Lipinski definition) is 3. The summed E-state index contributed by atoms with van der Waals surface area (Å²) in [6, 6.07) is 7.61. The fourth-order valence-corrected chi connectivity index (χ4v) is 3.01. The second-order valence-corrected chi connectivity index (χ2v) is 5.89. The van der Waals surface area contributed by atoms with Crippen molar-refractivity contribution in [1.29, 1.82) is 0 Å². The maximum Gasteiger partial charge on any atom is 0.224 e. The zero-order valence-corrected chi connectivity index (χ0v) is 13.5. The van der Waals surface area contributed by atoms with Crippen molar-refractivity contribution < 1.29 is 9.53 Å². The number of benzene rings is 1. The molecule has 5 nitrogen and oxygen atoms in total. The van der Waals surface area contributed by atoms with Crippen LogP contribution in [0.4, 0.5) is 0 Å². The molecule has 0 unspecified atom stereocenters. The maximum atomic E-state index is 12.1. The van der Waals surface area contributed by atoms with E-state index in [0.717, 1.165) is 36.4 Å². The van der Waals surface area contributed by atoms with Crippen molar-refractivity contribution >= 4 is 5.91 Å². The summed E-state index contributed by atoms with van der Waals surface area (Å²) in [7, 11) is 1.62. The van der Waals surface area contributed by atoms with E-state index >= 15 is 0 Å². The summed E-state index contributed by atoms with van der Waals surface area (Å²) < 4.78 is 7.52. The number of hydrogen-bond donors (Lipinski definition) is 1. The van der Waals surface area contributed by atoms with Gasteiger partial charge in [-0.25, -0.2) is 4.98 Å². The highest BCUT2D eigenvalue weighted by atomic mass is 16.5. The molecule has 0 radical (unpaired) electrons. The number of amides is 1. The van der Waals surface area contributed by atoms with Crippen LogP contribution in [0.25, 0.3) is 0 Å². The molecule has 1 aromatic carbocycles. The van der Waals surface area contributed by atoms with E-state index in [4.69, 9.17) is 4.74 Å². The molecule has 0 aliphatic carbocycles. The van der Waals surface area contributed by atoms with E-state index in [-0.39, 0.29) is 5.91 Å². The molecule has 122 valence electrons. The summed E-state index contributed by atoms with van der Waals surface area (Å²) in [5.74, 6) is 1.95. The summed E-state index contributed by atoms with van der Waals surface area (Å²) in [6.45, 7) is 1.69. The van der Waals surface area contributed by atoms with E-state index in [1.165, 1.54) is 18.7 Å². The van der Waals surface area contributed by atoms with E-state index < -0.39 is 0 Å². The average Bonchev–Trinajstić information content (AvgIpc) is 2.98. The van der Waals surface area contributed by atoms with Crippen LogP contribution in [0.5, 0.6) is 5.75 Å². The van der Waals surface area contributed by atoms with Crippen LogP contribution < -0.4 is 10.1 Å². The first-order chi connectivity index (χ1) is 11.3. The SMILES string of the molecule is COc1ccccc1CC(=O)NCCc1cn2c(n1)CCCC2. The van der Waals surface area contributed by atoms with Crippen LogP contribution in [0, 0.1) is 0 Å². The molecule has 3 rings (SSSR count). The van der Waals surface area contributed by atoms with Crippen molar-refractivity contribution in [1.82, 2.24) is 14.9 Å². The number of ether oxygens (including phenoxy) is 1. The first-order valence-electron chi connectivity index (χ1n) is 8.20. The van der Waals surface area contributed by atoms with Gasteiger partial charge >= 0.3 is 0 Å². The zero-order valence-electron chi connectivity index (χ0n) is 13.5. The van der Waals surface area contributed by atoms with E-state index in [1.54, 1.807) is 7.11 Å². The number of fused-ring (bicyclic) bond motifs is 1. The molecule has 0 spiro atoms. The number of imidazole rings is 1. The van der Waals surface area contributed by atoms with Gasteiger partial charge in [-0.2, -0.15) is 0 Å². The van der Waals surface area contributed by atoms with Crippen molar-refractivity contribution in [3.05, 3.63) is 47.5 Å². The number of methoxy groups -OCH3 is 1. The van der Waals surface area contributed by atoms with Gasteiger partial charge in [0.1, 0.15) is 11.6 Å². The predicted octanol–water partition coefficient (Wildman–Crippen LogP) is 2.13. The van der Waals surface area contributed by atoms with Crippen molar-refractivity contribution in [3.63, 3.8) is 0 Å². The molecule has 0 bridgehead atoms. The summed E-state index contributed by atoms with van der Waals surface area (Å²) in [6.07, 6.45) is 6.77. The Kier molecular flexibility index (Phi) is 4.95. The number of aryl methyl sites for hydroxylation is 2. The Bertz CT molecular complexity index is 655. The van der Waals surface area contributed by atoms with Gasteiger partial charge in [0.05, 0.1) is 19.2 Å². The summed E-state index contributed by atoms with van der Waals surface area (Å²) in [5.41, 5.74) is 1.98. The van der Waals surface area contributed by atoms with Crippen LogP contribution in [0.15, 0.2) is 30.5 Å². The molecule has 0 fully saturated rings. The fraction of sp³-hybridized carbons (Fsp3) is 0.444. The van der Waals surface area contributed by atoms with Gasteiger partial charge in [0.2, 0.25) is 5.91 Å². The minimum atomic E-state index is 0.0125. The molecule has 1 N–H and O–H groups in total. The van der Waals surface area contributed by atoms with Gasteiger partial charge in [-0.1, -0.05) is 18.2 Å². The summed E-state index contributed by atoms with van der Waals surface area (Å²) >= 11 is 0. The average molecular weight is 313 g/mol. The number of nitrogens with one attached hydrogen (secondary N) is 1. The molecule has 23 heavy (non-hydrogen) atoms. The Balaban J connectivity index is 1.48. The van der Waals surface area contributed by atoms with Gasteiger partial charge in [0.25, 0.3) is 0 Å². The highest BCUT2D eigenvalue weighted by molar-refractivity contribution is 5.79. The third kappa shape index (κ3) is 3.92. The van der Waals surface area contributed by atoms with Gasteiger partial charge in [-0.15, -0.1) is 0 Å². The zero-order chi connectivity index (χ0) is 16.1. The number of para-hydroxylation sites is 1. The predicted molar refractivity (Wildman–Crippen MR) is 88.6 cm³/mol. The van der Waals surface area contributed by atoms with Crippen LogP contribution in [0.2, 0.25) is 0 Å². The molecule has 1 amide bonds. The Morgan fingerprint density at radius 2 is 2.22 bits per heavy atom. The maximum absolute atomic E-state index is 12.1. The molecule has 0 saturated heterocycles. The van der Waals surface area contributed by atoms with Crippen LogP contribution in [-0.2, 0) is 30.6 Å². The number of nitrogens with zero attached hydrogens (tertiary/aromatic N) is 2. The Morgan fingerprint density at radius 3 is 3.04 bits per heavy atom. The molecule has 0 atom stereocenters. The minimum absolute atomic E-state index is 0.0125. The van der Waals surface area contributed by atoms with Crippen molar-refractivity contribution in [3.8, 4) is 5.75 Å². The first-order valence-corrected chi connectivity index (χ1v) is 8.20. The van der Waals surface area contributed by atoms with Crippen molar-refractivity contribution in [2.45, 2.75) is 38.6 Å². The van der Waals surface area contributed by atoms with Gasteiger partial charge in [-0.3, -0.25) is 4.79 Å². The van der Waals surface area contributed by atoms with Crippen LogP contribution in [0.3, 0.4) is 0 Å². The standard InChI is InChI=1S/C18H23N3O2/c1-23-16-7-3-2-6-14(16)12-18(22)19-10-9-15-13-21-11-5-4-8-17(21)20-15/h2-3,6-7,13H,4-5,8-12H2,1H3,(H,19,22). The second kappa shape index (κ2) is 7.31. The normalized spacial score (nSPS) is 13.4. The smallest absolute Gasteiger partial charge is 0.224 e. The number of aromatic nitrogens is 2. The fourth-order valence-electron chi connectivity index (χ4n) is 3.01. The van der Waals surface area contributed by atoms with Crippen LogP contribution in [0.1, 0.15) is 29.9 Å². The van der Waals surface area contributed by atoms with Crippen LogP contribution >= 0.6 is 0 Å². The molecule has 2 heterocycles. The van der Waals surface area contributed by atoms with Gasteiger partial charge in [-0.05, 0) is 18.9 Å². The quantitative estimate of drug-likeness (QED) is 0.889. The molecular formula is C18H23N3O2. The van der Waals surface area contributed by atoms with Gasteiger partial charge in [0.15, 0.2) is 0 Å². The minimum Gasteiger partial charge on any atom is -0.496 e. The highest BCUT2D eigenvalue weighted by Gasteiger charge is 2.12. The van der Waals surface area contributed by atoms with Gasteiger partial charge < -0.3 is 14.6 Å². The third-order valence-electron chi connectivity index (χ3n) is 4.21. The molecule has 0 saturated carbocycles. The topological polar surface area (TPSA) is 56.1 Å². The largest absolute Gasteiger partial charge is 0.496 e. The van der Waals surface area contributed by atoms with Gasteiger partial charge in [0, 0.05) is 37.7 Å². The summed E-state index contributed by atoms with van der Waals surface area (Å²) in [5, 5.41) is 2.97. The molecule has 2 aromatic rings. The lowest BCUT2D eigenvalue weighted by atomic mass is 10.1. The lowest BCUT2D eigenvalue weighted by Crippen LogP contribution is -2.27. The highest BCUT2D eigenvalue weighted by Crippen LogP contribution is 2.17.